The minimum absolute atomic E-state index is 0.0594. The normalized spacial score (nSPS) is 14.6. The molecule has 0 aliphatic carbocycles. The van der Waals surface area contributed by atoms with E-state index in [2.05, 4.69) is 16.0 Å². The lowest BCUT2D eigenvalue weighted by atomic mass is 10.0. The van der Waals surface area contributed by atoms with Gasteiger partial charge in [-0.05, 0) is 50.0 Å². The van der Waals surface area contributed by atoms with Gasteiger partial charge in [-0.15, -0.1) is 0 Å². The van der Waals surface area contributed by atoms with Gasteiger partial charge in [0.2, 0.25) is 17.7 Å². The Morgan fingerprint density at radius 2 is 1.55 bits per heavy atom. The molecule has 0 bridgehead atoms. The van der Waals surface area contributed by atoms with Crippen molar-refractivity contribution in [2.75, 3.05) is 12.0 Å². The maximum absolute atomic E-state index is 12.8. The zero-order chi connectivity index (χ0) is 23.6. The van der Waals surface area contributed by atoms with Gasteiger partial charge in [0.1, 0.15) is 23.9 Å². The average Bonchev–Trinajstić information content (AvgIpc) is 2.71. The summed E-state index contributed by atoms with van der Waals surface area (Å²) in [6.07, 6.45) is 2.18. The molecular formula is C20H30N4O6S. The molecule has 1 aromatic carbocycles. The lowest BCUT2D eigenvalue weighted by Gasteiger charge is -2.23. The van der Waals surface area contributed by atoms with Crippen LogP contribution in [-0.2, 0) is 25.6 Å². The third-order valence-corrected chi connectivity index (χ3v) is 5.04. The number of hydrogen-bond donors (Lipinski definition) is 6. The number of carbonyl (C=O) groups is 4. The molecule has 172 valence electrons. The molecule has 31 heavy (non-hydrogen) atoms. The van der Waals surface area contributed by atoms with E-state index in [4.69, 9.17) is 5.73 Å². The summed E-state index contributed by atoms with van der Waals surface area (Å²) in [6.45, 7) is 2.90. The Balaban J connectivity index is 2.84. The second-order valence-corrected chi connectivity index (χ2v) is 8.12. The first-order valence-electron chi connectivity index (χ1n) is 9.71. The molecule has 1 rings (SSSR count). The molecule has 4 unspecified atom stereocenters. The average molecular weight is 455 g/mol. The third-order valence-electron chi connectivity index (χ3n) is 4.40. The fourth-order valence-corrected chi connectivity index (χ4v) is 3.02. The van der Waals surface area contributed by atoms with Crippen molar-refractivity contribution in [3.05, 3.63) is 29.8 Å². The Hall–Kier alpha value is -2.79. The van der Waals surface area contributed by atoms with Crippen molar-refractivity contribution in [3.63, 3.8) is 0 Å². The molecule has 0 radical (unpaired) electrons. The van der Waals surface area contributed by atoms with Crippen molar-refractivity contribution in [1.82, 2.24) is 16.0 Å². The summed E-state index contributed by atoms with van der Waals surface area (Å²) in [6, 6.07) is 2.15. The lowest BCUT2D eigenvalue weighted by Crippen LogP contribution is -2.56. The Kier molecular flexibility index (Phi) is 10.8. The molecular weight excluding hydrogens is 424 g/mol. The molecule has 10 nitrogen and oxygen atoms in total. The fourth-order valence-electron chi connectivity index (χ4n) is 2.55. The van der Waals surface area contributed by atoms with Crippen molar-refractivity contribution in [2.45, 2.75) is 50.9 Å². The Labute approximate surface area is 185 Å². The maximum atomic E-state index is 12.8. The second kappa shape index (κ2) is 12.8. The summed E-state index contributed by atoms with van der Waals surface area (Å²) in [5, 5.41) is 26.1. The number of rotatable bonds is 12. The fraction of sp³-hybridized carbons (Fsp3) is 0.500. The van der Waals surface area contributed by atoms with Crippen molar-refractivity contribution < 1.29 is 29.4 Å². The quantitative estimate of drug-likeness (QED) is 0.247. The minimum Gasteiger partial charge on any atom is -0.508 e. The topological polar surface area (TPSA) is 171 Å². The number of amides is 3. The van der Waals surface area contributed by atoms with Gasteiger partial charge in [0.15, 0.2) is 0 Å². The van der Waals surface area contributed by atoms with Crippen LogP contribution in [0.15, 0.2) is 24.3 Å². The number of carboxylic acids is 1. The molecule has 0 aliphatic rings. The summed E-state index contributed by atoms with van der Waals surface area (Å²) in [5.74, 6) is -2.36. The standard InChI is InChI=1S/C20H30N4O6S/c1-11(21)17(26)24-16(10-13-4-6-14(25)7-5-13)19(28)22-12(2)18(27)23-15(20(29)30)8-9-31-3/h4-7,11-12,15-16,25H,8-10,21H2,1-3H3,(H,22,28)(H,23,27)(H,24,26)(H,29,30). The van der Waals surface area contributed by atoms with Crippen LogP contribution in [0.2, 0.25) is 0 Å². The van der Waals surface area contributed by atoms with Crippen LogP contribution >= 0.6 is 11.8 Å². The van der Waals surface area contributed by atoms with Gasteiger partial charge in [0.05, 0.1) is 6.04 Å². The van der Waals surface area contributed by atoms with Crippen molar-refractivity contribution in [2.24, 2.45) is 5.73 Å². The molecule has 11 heteroatoms. The van der Waals surface area contributed by atoms with Gasteiger partial charge in [-0.3, -0.25) is 14.4 Å². The number of carbonyl (C=O) groups excluding carboxylic acids is 3. The zero-order valence-corrected chi connectivity index (χ0v) is 18.6. The maximum Gasteiger partial charge on any atom is 0.326 e. The molecule has 0 saturated heterocycles. The summed E-state index contributed by atoms with van der Waals surface area (Å²) < 4.78 is 0. The summed E-state index contributed by atoms with van der Waals surface area (Å²) in [4.78, 5) is 48.5. The highest BCUT2D eigenvalue weighted by Gasteiger charge is 2.27. The number of aromatic hydroxyl groups is 1. The van der Waals surface area contributed by atoms with Gasteiger partial charge in [-0.2, -0.15) is 11.8 Å². The zero-order valence-electron chi connectivity index (χ0n) is 17.8. The largest absolute Gasteiger partial charge is 0.508 e. The highest BCUT2D eigenvalue weighted by atomic mass is 32.2. The van der Waals surface area contributed by atoms with Crippen LogP contribution in [0.4, 0.5) is 0 Å². The predicted molar refractivity (Wildman–Crippen MR) is 118 cm³/mol. The number of phenols is 1. The van der Waals surface area contributed by atoms with E-state index in [-0.39, 0.29) is 18.6 Å². The first kappa shape index (κ1) is 26.2. The third kappa shape index (κ3) is 9.26. The van der Waals surface area contributed by atoms with E-state index in [1.165, 1.54) is 37.7 Å². The Bertz CT molecular complexity index is 771. The summed E-state index contributed by atoms with van der Waals surface area (Å²) >= 11 is 1.46. The summed E-state index contributed by atoms with van der Waals surface area (Å²) in [7, 11) is 0. The Morgan fingerprint density at radius 1 is 0.968 bits per heavy atom. The molecule has 1 aromatic rings. The number of hydrogen-bond acceptors (Lipinski definition) is 7. The van der Waals surface area contributed by atoms with Crippen LogP contribution in [0.1, 0.15) is 25.8 Å². The van der Waals surface area contributed by atoms with Gasteiger partial charge >= 0.3 is 5.97 Å². The number of nitrogens with one attached hydrogen (secondary N) is 3. The number of phenolic OH excluding ortho intramolecular Hbond substituents is 1. The highest BCUT2D eigenvalue weighted by molar-refractivity contribution is 7.98. The van der Waals surface area contributed by atoms with Crippen molar-refractivity contribution in [1.29, 1.82) is 0 Å². The molecule has 0 aliphatic heterocycles. The van der Waals surface area contributed by atoms with Gasteiger partial charge < -0.3 is 31.9 Å². The molecule has 3 amide bonds. The van der Waals surface area contributed by atoms with Gasteiger partial charge in [-0.1, -0.05) is 12.1 Å². The van der Waals surface area contributed by atoms with Crippen LogP contribution in [0.5, 0.6) is 5.75 Å². The van der Waals surface area contributed by atoms with E-state index in [9.17, 15) is 29.4 Å². The molecule has 0 aromatic heterocycles. The predicted octanol–water partition coefficient (Wildman–Crippen LogP) is -0.406. The van der Waals surface area contributed by atoms with Crippen molar-refractivity contribution >= 4 is 35.5 Å². The number of benzene rings is 1. The number of nitrogens with two attached hydrogens (primary N) is 1. The second-order valence-electron chi connectivity index (χ2n) is 7.13. The van der Waals surface area contributed by atoms with Gasteiger partial charge in [0, 0.05) is 6.42 Å². The lowest BCUT2D eigenvalue weighted by molar-refractivity contribution is -0.142. The van der Waals surface area contributed by atoms with E-state index in [1.54, 1.807) is 12.1 Å². The molecule has 0 heterocycles. The van der Waals surface area contributed by atoms with Gasteiger partial charge in [0.25, 0.3) is 0 Å². The number of aliphatic carboxylic acids is 1. The van der Waals surface area contributed by atoms with Crippen LogP contribution in [0.25, 0.3) is 0 Å². The molecule has 0 saturated carbocycles. The van der Waals surface area contributed by atoms with Crippen LogP contribution < -0.4 is 21.7 Å². The first-order chi connectivity index (χ1) is 14.5. The number of carboxylic acid groups (broad SMARTS) is 1. The van der Waals surface area contributed by atoms with Crippen molar-refractivity contribution in [3.8, 4) is 5.75 Å². The number of thioether (sulfide) groups is 1. The van der Waals surface area contributed by atoms with Crippen LogP contribution in [0.3, 0.4) is 0 Å². The SMILES string of the molecule is CSCCC(NC(=O)C(C)NC(=O)C(Cc1ccc(O)cc1)NC(=O)C(C)N)C(=O)O. The van der Waals surface area contributed by atoms with E-state index >= 15 is 0 Å². The Morgan fingerprint density at radius 3 is 2.06 bits per heavy atom. The van der Waals surface area contributed by atoms with Crippen LogP contribution in [0, 0.1) is 0 Å². The van der Waals surface area contributed by atoms with E-state index < -0.39 is 47.9 Å². The molecule has 4 atom stereocenters. The monoisotopic (exact) mass is 454 g/mol. The van der Waals surface area contributed by atoms with E-state index in [0.29, 0.717) is 11.3 Å². The van der Waals surface area contributed by atoms with Crippen LogP contribution in [-0.4, -0.2) is 70.1 Å². The van der Waals surface area contributed by atoms with Gasteiger partial charge in [-0.25, -0.2) is 4.79 Å². The molecule has 7 N–H and O–H groups in total. The van der Waals surface area contributed by atoms with E-state index in [1.807, 2.05) is 6.26 Å². The first-order valence-corrected chi connectivity index (χ1v) is 11.1. The smallest absolute Gasteiger partial charge is 0.326 e. The summed E-state index contributed by atoms with van der Waals surface area (Å²) in [5.41, 5.74) is 6.24. The van der Waals surface area contributed by atoms with E-state index in [0.717, 1.165) is 0 Å². The molecule has 0 fully saturated rings. The highest BCUT2D eigenvalue weighted by Crippen LogP contribution is 2.12. The minimum atomic E-state index is -1.16. The molecule has 0 spiro atoms.